The van der Waals surface area contributed by atoms with Crippen LogP contribution >= 0.6 is 0 Å². The minimum atomic E-state index is -0.511. The van der Waals surface area contributed by atoms with Gasteiger partial charge in [-0.25, -0.2) is 9.78 Å². The first-order valence-electron chi connectivity index (χ1n) is 6.61. The van der Waals surface area contributed by atoms with Crippen molar-refractivity contribution in [2.24, 2.45) is 0 Å². The summed E-state index contributed by atoms with van der Waals surface area (Å²) in [6.45, 7) is 4.74. The number of hydrogen-bond acceptors (Lipinski definition) is 4. The van der Waals surface area contributed by atoms with E-state index in [9.17, 15) is 9.59 Å². The molecule has 0 bridgehead atoms. The van der Waals surface area contributed by atoms with Crippen molar-refractivity contribution >= 4 is 11.9 Å². The number of unbranched alkanes of at least 4 members (excludes halogenated alkanes) is 2. The molecule has 1 heterocycles. The third-order valence-electron chi connectivity index (χ3n) is 2.53. The molecule has 1 amide bonds. The Morgan fingerprint density at radius 3 is 2.63 bits per heavy atom. The van der Waals surface area contributed by atoms with Gasteiger partial charge in [0.2, 0.25) is 0 Å². The van der Waals surface area contributed by atoms with Crippen LogP contribution in [0.5, 0.6) is 0 Å². The highest BCUT2D eigenvalue weighted by atomic mass is 16.5. The Morgan fingerprint density at radius 1 is 1.21 bits per heavy atom. The van der Waals surface area contributed by atoms with Crippen molar-refractivity contribution in [2.45, 2.75) is 33.1 Å². The number of aromatic nitrogens is 1. The lowest BCUT2D eigenvalue weighted by molar-refractivity contribution is 0.0519. The highest BCUT2D eigenvalue weighted by Crippen LogP contribution is 2.02. The van der Waals surface area contributed by atoms with Gasteiger partial charge in [0.1, 0.15) is 11.4 Å². The van der Waals surface area contributed by atoms with Crippen LogP contribution in [0.1, 0.15) is 54.1 Å². The molecule has 0 unspecified atom stereocenters. The molecule has 1 aromatic heterocycles. The van der Waals surface area contributed by atoms with Crippen molar-refractivity contribution in [2.75, 3.05) is 13.2 Å². The van der Waals surface area contributed by atoms with E-state index in [4.69, 9.17) is 4.74 Å². The monoisotopic (exact) mass is 264 g/mol. The van der Waals surface area contributed by atoms with E-state index < -0.39 is 5.97 Å². The number of pyridine rings is 1. The van der Waals surface area contributed by atoms with Crippen molar-refractivity contribution in [3.05, 3.63) is 29.6 Å². The zero-order valence-corrected chi connectivity index (χ0v) is 11.4. The van der Waals surface area contributed by atoms with Gasteiger partial charge in [0.05, 0.1) is 6.61 Å². The summed E-state index contributed by atoms with van der Waals surface area (Å²) >= 11 is 0. The number of carbonyl (C=O) groups is 2. The molecule has 0 aliphatic carbocycles. The first-order chi connectivity index (χ1) is 9.19. The van der Waals surface area contributed by atoms with Crippen LogP contribution < -0.4 is 5.32 Å². The van der Waals surface area contributed by atoms with Gasteiger partial charge >= 0.3 is 5.97 Å². The van der Waals surface area contributed by atoms with Gasteiger partial charge in [-0.15, -0.1) is 0 Å². The minimum Gasteiger partial charge on any atom is -0.461 e. The molecule has 5 nitrogen and oxygen atoms in total. The molecule has 0 atom stereocenters. The van der Waals surface area contributed by atoms with E-state index in [0.717, 1.165) is 19.3 Å². The fourth-order valence-corrected chi connectivity index (χ4v) is 1.55. The van der Waals surface area contributed by atoms with E-state index in [0.29, 0.717) is 6.54 Å². The lowest BCUT2D eigenvalue weighted by atomic mass is 10.2. The topological polar surface area (TPSA) is 68.3 Å². The van der Waals surface area contributed by atoms with Crippen molar-refractivity contribution in [1.29, 1.82) is 0 Å². The molecule has 0 saturated carbocycles. The van der Waals surface area contributed by atoms with E-state index in [1.165, 1.54) is 6.07 Å². The molecule has 0 spiro atoms. The number of esters is 1. The highest BCUT2D eigenvalue weighted by Gasteiger charge is 2.12. The molecular weight excluding hydrogens is 244 g/mol. The lowest BCUT2D eigenvalue weighted by Crippen LogP contribution is -2.26. The first kappa shape index (κ1) is 15.1. The second kappa shape index (κ2) is 8.24. The normalized spacial score (nSPS) is 10.0. The summed E-state index contributed by atoms with van der Waals surface area (Å²) in [5, 5.41) is 2.78. The van der Waals surface area contributed by atoms with Gasteiger partial charge in [-0.2, -0.15) is 0 Å². The molecule has 0 saturated heterocycles. The van der Waals surface area contributed by atoms with E-state index in [-0.39, 0.29) is 23.9 Å². The van der Waals surface area contributed by atoms with Crippen molar-refractivity contribution < 1.29 is 14.3 Å². The molecule has 19 heavy (non-hydrogen) atoms. The first-order valence-corrected chi connectivity index (χ1v) is 6.61. The summed E-state index contributed by atoms with van der Waals surface area (Å²) in [5.74, 6) is -0.773. The zero-order chi connectivity index (χ0) is 14.1. The molecule has 1 aromatic rings. The predicted molar refractivity (Wildman–Crippen MR) is 72.1 cm³/mol. The molecule has 0 aliphatic rings. The van der Waals surface area contributed by atoms with E-state index in [1.807, 2.05) is 0 Å². The Hall–Kier alpha value is -1.91. The molecule has 0 fully saturated rings. The third kappa shape index (κ3) is 5.07. The minimum absolute atomic E-state index is 0.156. The second-order valence-corrected chi connectivity index (χ2v) is 4.09. The Morgan fingerprint density at radius 2 is 1.95 bits per heavy atom. The van der Waals surface area contributed by atoms with Crippen LogP contribution in [0.15, 0.2) is 18.2 Å². The number of carbonyl (C=O) groups excluding carboxylic acids is 2. The maximum absolute atomic E-state index is 11.8. The summed E-state index contributed by atoms with van der Waals surface area (Å²) in [4.78, 5) is 27.3. The highest BCUT2D eigenvalue weighted by molar-refractivity contribution is 5.94. The standard InChI is InChI=1S/C14H20N2O3/c1-3-5-6-10-15-13(17)11-8-7-9-12(16-11)14(18)19-4-2/h7-9H,3-6,10H2,1-2H3,(H,15,17). The Bertz CT molecular complexity index is 432. The predicted octanol–water partition coefficient (Wildman–Crippen LogP) is 2.18. The van der Waals surface area contributed by atoms with Crippen LogP contribution in [0.2, 0.25) is 0 Å². The van der Waals surface area contributed by atoms with E-state index >= 15 is 0 Å². The van der Waals surface area contributed by atoms with Crippen molar-refractivity contribution in [1.82, 2.24) is 10.3 Å². The number of ether oxygens (including phenoxy) is 1. The maximum Gasteiger partial charge on any atom is 0.356 e. The fraction of sp³-hybridized carbons (Fsp3) is 0.500. The second-order valence-electron chi connectivity index (χ2n) is 4.09. The van der Waals surface area contributed by atoms with E-state index in [2.05, 4.69) is 17.2 Å². The zero-order valence-electron chi connectivity index (χ0n) is 11.4. The summed E-state index contributed by atoms with van der Waals surface area (Å²) < 4.78 is 4.84. The van der Waals surface area contributed by atoms with E-state index in [1.54, 1.807) is 19.1 Å². The smallest absolute Gasteiger partial charge is 0.356 e. The largest absolute Gasteiger partial charge is 0.461 e. The summed E-state index contributed by atoms with van der Waals surface area (Å²) in [6.07, 6.45) is 3.13. The van der Waals surface area contributed by atoms with Gasteiger partial charge in [-0.3, -0.25) is 4.79 Å². The van der Waals surface area contributed by atoms with Gasteiger partial charge < -0.3 is 10.1 Å². The van der Waals surface area contributed by atoms with Crippen LogP contribution in [0.3, 0.4) is 0 Å². The number of nitrogens with zero attached hydrogens (tertiary/aromatic N) is 1. The molecule has 104 valence electrons. The van der Waals surface area contributed by atoms with Crippen LogP contribution in [0.25, 0.3) is 0 Å². The molecule has 0 aromatic carbocycles. The number of amides is 1. The molecule has 0 aliphatic heterocycles. The Labute approximate surface area is 113 Å². The number of hydrogen-bond donors (Lipinski definition) is 1. The third-order valence-corrected chi connectivity index (χ3v) is 2.53. The number of nitrogens with one attached hydrogen (secondary N) is 1. The van der Waals surface area contributed by atoms with Gasteiger partial charge in [0, 0.05) is 6.54 Å². The van der Waals surface area contributed by atoms with Crippen molar-refractivity contribution in [3.8, 4) is 0 Å². The van der Waals surface area contributed by atoms with Gasteiger partial charge in [-0.1, -0.05) is 25.8 Å². The van der Waals surface area contributed by atoms with Gasteiger partial charge in [-0.05, 0) is 25.5 Å². The maximum atomic E-state index is 11.8. The molecule has 0 radical (unpaired) electrons. The number of rotatable bonds is 7. The van der Waals surface area contributed by atoms with Crippen LogP contribution in [0.4, 0.5) is 0 Å². The molecule has 5 heteroatoms. The van der Waals surface area contributed by atoms with Crippen molar-refractivity contribution in [3.63, 3.8) is 0 Å². The Balaban J connectivity index is 2.60. The van der Waals surface area contributed by atoms with Crippen LogP contribution in [-0.4, -0.2) is 30.0 Å². The van der Waals surface area contributed by atoms with Gasteiger partial charge in [0.25, 0.3) is 5.91 Å². The van der Waals surface area contributed by atoms with Crippen LogP contribution in [0, 0.1) is 0 Å². The quantitative estimate of drug-likeness (QED) is 0.605. The van der Waals surface area contributed by atoms with Gasteiger partial charge in [0.15, 0.2) is 0 Å². The SMILES string of the molecule is CCCCCNC(=O)c1cccc(C(=O)OCC)n1. The van der Waals surface area contributed by atoms with Crippen LogP contribution in [-0.2, 0) is 4.74 Å². The summed E-state index contributed by atoms with van der Waals surface area (Å²) in [6, 6.07) is 4.74. The molecular formula is C14H20N2O3. The summed E-state index contributed by atoms with van der Waals surface area (Å²) in [7, 11) is 0. The summed E-state index contributed by atoms with van der Waals surface area (Å²) in [5.41, 5.74) is 0.394. The molecule has 1 N–H and O–H groups in total. The fourth-order valence-electron chi connectivity index (χ4n) is 1.55. The lowest BCUT2D eigenvalue weighted by Gasteiger charge is -2.05. The average molecular weight is 264 g/mol. The molecule has 1 rings (SSSR count). The Kier molecular flexibility index (Phi) is 6.57. The average Bonchev–Trinajstić information content (AvgIpc) is 2.44.